The predicted octanol–water partition coefficient (Wildman–Crippen LogP) is 4.50. The Kier molecular flexibility index (Phi) is 11.1. The van der Waals surface area contributed by atoms with Gasteiger partial charge in [0.15, 0.2) is 0 Å². The van der Waals surface area contributed by atoms with Crippen LogP contribution in [0.15, 0.2) is 24.3 Å². The molecule has 0 saturated carbocycles. The zero-order valence-corrected chi connectivity index (χ0v) is 10.4. The third-order valence-electron chi connectivity index (χ3n) is 2.19. The van der Waals surface area contributed by atoms with Crippen molar-refractivity contribution in [3.63, 3.8) is 0 Å². The van der Waals surface area contributed by atoms with E-state index in [9.17, 15) is 0 Å². The van der Waals surface area contributed by atoms with Crippen molar-refractivity contribution in [2.45, 2.75) is 52.4 Å². The topological polar surface area (TPSA) is 9.23 Å². The fraction of sp³-hybridized carbons (Fsp3) is 0.714. The van der Waals surface area contributed by atoms with Crippen molar-refractivity contribution in [1.82, 2.24) is 0 Å². The van der Waals surface area contributed by atoms with Gasteiger partial charge >= 0.3 is 0 Å². The van der Waals surface area contributed by atoms with Gasteiger partial charge in [-0.3, -0.25) is 0 Å². The van der Waals surface area contributed by atoms with Crippen LogP contribution in [-0.2, 0) is 4.74 Å². The van der Waals surface area contributed by atoms with Gasteiger partial charge in [0, 0.05) is 13.2 Å². The number of rotatable bonds is 8. The first-order chi connectivity index (χ1) is 7.31. The summed E-state index contributed by atoms with van der Waals surface area (Å²) in [5, 5.41) is 0. The summed E-state index contributed by atoms with van der Waals surface area (Å²) in [6.45, 7) is 9.93. The van der Waals surface area contributed by atoms with Crippen LogP contribution >= 0.6 is 0 Å². The zero-order chi connectivity index (χ0) is 11.4. The Hall–Kier alpha value is -0.560. The molecule has 0 spiro atoms. The van der Waals surface area contributed by atoms with Crippen molar-refractivity contribution in [3.8, 4) is 0 Å². The molecule has 0 atom stereocenters. The number of unbranched alkanes of at least 4 members (excludes halogenated alkanes) is 4. The molecule has 0 radical (unpaired) electrons. The van der Waals surface area contributed by atoms with E-state index in [4.69, 9.17) is 4.74 Å². The minimum absolute atomic E-state index is 0.970. The average molecular weight is 210 g/mol. The molecule has 0 unspecified atom stereocenters. The fourth-order valence-corrected chi connectivity index (χ4v) is 1.07. The second-order valence-electron chi connectivity index (χ2n) is 3.93. The molecule has 1 heteroatoms. The first-order valence-electron chi connectivity index (χ1n) is 6.26. The van der Waals surface area contributed by atoms with E-state index in [1.54, 1.807) is 0 Å². The van der Waals surface area contributed by atoms with E-state index in [1.807, 2.05) is 12.2 Å². The highest BCUT2D eigenvalue weighted by Gasteiger charge is 1.88. The molecule has 0 amide bonds. The zero-order valence-electron chi connectivity index (χ0n) is 10.4. The second kappa shape index (κ2) is 11.5. The maximum atomic E-state index is 5.44. The minimum atomic E-state index is 0.970. The number of allylic oxidation sites excluding steroid dienone is 3. The summed E-state index contributed by atoms with van der Waals surface area (Å²) >= 11 is 0. The minimum Gasteiger partial charge on any atom is -0.381 e. The molecule has 0 saturated heterocycles. The van der Waals surface area contributed by atoms with Crippen LogP contribution in [0.1, 0.15) is 52.4 Å². The van der Waals surface area contributed by atoms with E-state index in [0.29, 0.717) is 0 Å². The molecule has 88 valence electrons. The molecule has 0 aromatic carbocycles. The van der Waals surface area contributed by atoms with Crippen LogP contribution in [0.2, 0.25) is 0 Å². The molecule has 0 N–H and O–H groups in total. The third kappa shape index (κ3) is 16.1. The van der Waals surface area contributed by atoms with Crippen molar-refractivity contribution in [1.29, 1.82) is 0 Å². The highest BCUT2D eigenvalue weighted by Crippen LogP contribution is 2.07. The first-order valence-corrected chi connectivity index (χ1v) is 6.26. The molecule has 1 nitrogen and oxygen atoms in total. The van der Waals surface area contributed by atoms with Crippen LogP contribution in [0.4, 0.5) is 0 Å². The Morgan fingerprint density at radius 2 is 1.33 bits per heavy atom. The first kappa shape index (κ1) is 14.4. The SMILES string of the molecule is C=C1C=C1.CCCCCOCCCCC. The summed E-state index contributed by atoms with van der Waals surface area (Å²) in [5.74, 6) is 0. The van der Waals surface area contributed by atoms with Gasteiger partial charge in [-0.15, -0.1) is 0 Å². The normalized spacial score (nSPS) is 12.3. The molecule has 0 aliphatic heterocycles. The smallest absolute Gasteiger partial charge is 0.0466 e. The van der Waals surface area contributed by atoms with Gasteiger partial charge in [-0.2, -0.15) is 0 Å². The Morgan fingerprint density at radius 1 is 0.933 bits per heavy atom. The van der Waals surface area contributed by atoms with Gasteiger partial charge in [0.25, 0.3) is 0 Å². The Bertz CT molecular complexity index is 154. The summed E-state index contributed by atoms with van der Waals surface area (Å²) < 4.78 is 5.44. The highest BCUT2D eigenvalue weighted by atomic mass is 16.5. The Labute approximate surface area is 95.2 Å². The molecule has 1 aliphatic rings. The van der Waals surface area contributed by atoms with Crippen LogP contribution in [0, 0.1) is 0 Å². The lowest BCUT2D eigenvalue weighted by Crippen LogP contribution is -1.96. The number of ether oxygens (including phenoxy) is 1. The highest BCUT2D eigenvalue weighted by molar-refractivity contribution is 5.43. The molecule has 0 bridgehead atoms. The lowest BCUT2D eigenvalue weighted by Gasteiger charge is -2.01. The summed E-state index contributed by atoms with van der Waals surface area (Å²) in [4.78, 5) is 0. The van der Waals surface area contributed by atoms with E-state index in [-0.39, 0.29) is 0 Å². The van der Waals surface area contributed by atoms with E-state index >= 15 is 0 Å². The molecular formula is C14H26O. The molecule has 0 heterocycles. The molecule has 15 heavy (non-hydrogen) atoms. The van der Waals surface area contributed by atoms with Gasteiger partial charge in [-0.1, -0.05) is 58.3 Å². The lowest BCUT2D eigenvalue weighted by molar-refractivity contribution is 0.126. The molecule has 0 aromatic heterocycles. The standard InChI is InChI=1S/C10H22O.C4H4/c1-3-5-7-9-11-10-8-6-4-2;1-4-2-3-4/h3-10H2,1-2H3;2-3H,1H2. The summed E-state index contributed by atoms with van der Waals surface area (Å²) in [5.41, 5.74) is 1.17. The van der Waals surface area contributed by atoms with E-state index < -0.39 is 0 Å². The molecular weight excluding hydrogens is 184 g/mol. The summed E-state index contributed by atoms with van der Waals surface area (Å²) in [6.07, 6.45) is 11.6. The monoisotopic (exact) mass is 210 g/mol. The van der Waals surface area contributed by atoms with Crippen LogP contribution in [0.25, 0.3) is 0 Å². The van der Waals surface area contributed by atoms with Crippen molar-refractivity contribution in [2.75, 3.05) is 13.2 Å². The predicted molar refractivity (Wildman–Crippen MR) is 68.1 cm³/mol. The largest absolute Gasteiger partial charge is 0.381 e. The van der Waals surface area contributed by atoms with Crippen LogP contribution < -0.4 is 0 Å². The Balaban J connectivity index is 0.000000401. The molecule has 0 aromatic rings. The van der Waals surface area contributed by atoms with Gasteiger partial charge < -0.3 is 4.74 Å². The van der Waals surface area contributed by atoms with Crippen molar-refractivity contribution >= 4 is 0 Å². The van der Waals surface area contributed by atoms with E-state index in [0.717, 1.165) is 13.2 Å². The van der Waals surface area contributed by atoms with E-state index in [2.05, 4.69) is 20.4 Å². The van der Waals surface area contributed by atoms with Crippen LogP contribution in [0.5, 0.6) is 0 Å². The van der Waals surface area contributed by atoms with Crippen molar-refractivity contribution in [2.24, 2.45) is 0 Å². The third-order valence-corrected chi connectivity index (χ3v) is 2.19. The second-order valence-corrected chi connectivity index (χ2v) is 3.93. The number of hydrogen-bond acceptors (Lipinski definition) is 1. The average Bonchev–Trinajstić information content (AvgIpc) is 3.01. The fourth-order valence-electron chi connectivity index (χ4n) is 1.07. The quantitative estimate of drug-likeness (QED) is 0.536. The molecule has 1 aliphatic carbocycles. The van der Waals surface area contributed by atoms with Gasteiger partial charge in [0.05, 0.1) is 0 Å². The summed E-state index contributed by atoms with van der Waals surface area (Å²) in [6, 6.07) is 0. The van der Waals surface area contributed by atoms with Gasteiger partial charge in [0.2, 0.25) is 0 Å². The lowest BCUT2D eigenvalue weighted by atomic mass is 10.2. The molecule has 1 rings (SSSR count). The van der Waals surface area contributed by atoms with Crippen molar-refractivity contribution in [3.05, 3.63) is 24.3 Å². The van der Waals surface area contributed by atoms with Gasteiger partial charge in [-0.25, -0.2) is 0 Å². The Morgan fingerprint density at radius 3 is 1.60 bits per heavy atom. The van der Waals surface area contributed by atoms with Crippen LogP contribution in [-0.4, -0.2) is 13.2 Å². The van der Waals surface area contributed by atoms with E-state index in [1.165, 1.54) is 44.1 Å². The van der Waals surface area contributed by atoms with Crippen LogP contribution in [0.3, 0.4) is 0 Å². The van der Waals surface area contributed by atoms with Gasteiger partial charge in [-0.05, 0) is 18.4 Å². The van der Waals surface area contributed by atoms with Gasteiger partial charge in [0.1, 0.15) is 0 Å². The summed E-state index contributed by atoms with van der Waals surface area (Å²) in [7, 11) is 0. The maximum Gasteiger partial charge on any atom is 0.0466 e. The molecule has 0 fully saturated rings. The van der Waals surface area contributed by atoms with Crippen molar-refractivity contribution < 1.29 is 4.74 Å². The number of hydrogen-bond donors (Lipinski definition) is 0. The maximum absolute atomic E-state index is 5.44.